The quantitative estimate of drug-likeness (QED) is 0.500. The van der Waals surface area contributed by atoms with E-state index in [2.05, 4.69) is 4.98 Å². The van der Waals surface area contributed by atoms with Gasteiger partial charge in [0.25, 0.3) is 5.91 Å². The Morgan fingerprint density at radius 1 is 1.16 bits per heavy atom. The minimum atomic E-state index is -0.319. The van der Waals surface area contributed by atoms with Gasteiger partial charge in [-0.1, -0.05) is 12.1 Å². The maximum Gasteiger partial charge on any atom is 0.289 e. The van der Waals surface area contributed by atoms with E-state index in [0.717, 1.165) is 29.7 Å². The van der Waals surface area contributed by atoms with E-state index in [1.165, 1.54) is 12.1 Å². The lowest BCUT2D eigenvalue weighted by Crippen LogP contribution is -2.39. The minimum Gasteiger partial charge on any atom is -0.486 e. The number of nitrogens with one attached hydrogen (secondary N) is 1. The summed E-state index contributed by atoms with van der Waals surface area (Å²) < 4.78 is 24.3. The van der Waals surface area contributed by atoms with Crippen molar-refractivity contribution in [3.8, 4) is 5.75 Å². The van der Waals surface area contributed by atoms with Crippen LogP contribution in [0.1, 0.15) is 40.9 Å². The molecule has 3 heterocycles. The molecule has 0 aliphatic carbocycles. The predicted octanol–water partition coefficient (Wildman–Crippen LogP) is 4.89. The molecule has 1 unspecified atom stereocenters. The zero-order valence-corrected chi connectivity index (χ0v) is 16.9. The Morgan fingerprint density at radius 2 is 2.00 bits per heavy atom. The molecule has 2 aromatic heterocycles. The van der Waals surface area contributed by atoms with E-state index in [1.54, 1.807) is 24.3 Å². The van der Waals surface area contributed by atoms with Crippen molar-refractivity contribution < 1.29 is 18.3 Å². The topological polar surface area (TPSA) is 71.4 Å². The molecule has 1 aliphatic heterocycles. The summed E-state index contributed by atoms with van der Waals surface area (Å²) in [6, 6.07) is 17.1. The van der Waals surface area contributed by atoms with E-state index in [1.807, 2.05) is 29.2 Å². The molecule has 31 heavy (non-hydrogen) atoms. The van der Waals surface area contributed by atoms with Gasteiger partial charge in [-0.2, -0.15) is 0 Å². The van der Waals surface area contributed by atoms with Crippen LogP contribution in [0.2, 0.25) is 0 Å². The third kappa shape index (κ3) is 4.17. The number of piperidine rings is 1. The van der Waals surface area contributed by atoms with Crippen molar-refractivity contribution in [1.29, 1.82) is 0 Å². The molecule has 1 saturated heterocycles. The number of aromatic nitrogens is 2. The number of rotatable bonds is 5. The maximum atomic E-state index is 13.0. The SMILES string of the molecule is O=C(c1ccc(COc2ccc(F)cc2)o1)N1CCCC(c2nc3ccccc3[nH]2)C1. The summed E-state index contributed by atoms with van der Waals surface area (Å²) in [7, 11) is 0. The Balaban J connectivity index is 1.24. The van der Waals surface area contributed by atoms with Crippen molar-refractivity contribution in [3.05, 3.63) is 83.8 Å². The van der Waals surface area contributed by atoms with Crippen LogP contribution in [0.4, 0.5) is 4.39 Å². The predicted molar refractivity (Wildman–Crippen MR) is 113 cm³/mol. The highest BCUT2D eigenvalue weighted by Crippen LogP contribution is 2.28. The van der Waals surface area contributed by atoms with E-state index in [-0.39, 0.29) is 24.2 Å². The number of amides is 1. The standard InChI is InChI=1S/C24H22FN3O3/c25-17-7-9-18(10-8-17)30-15-19-11-12-22(31-19)24(29)28-13-3-4-16(14-28)23-26-20-5-1-2-6-21(20)27-23/h1-2,5-12,16H,3-4,13-15H2,(H,26,27). The van der Waals surface area contributed by atoms with Crippen LogP contribution >= 0.6 is 0 Å². The molecule has 1 amide bonds. The molecule has 158 valence electrons. The molecule has 1 fully saturated rings. The highest BCUT2D eigenvalue weighted by molar-refractivity contribution is 5.91. The number of ether oxygens (including phenoxy) is 1. The van der Waals surface area contributed by atoms with Gasteiger partial charge in [-0.15, -0.1) is 0 Å². The summed E-state index contributed by atoms with van der Waals surface area (Å²) in [5, 5.41) is 0. The fourth-order valence-corrected chi connectivity index (χ4v) is 3.96. The van der Waals surface area contributed by atoms with Crippen molar-refractivity contribution in [1.82, 2.24) is 14.9 Å². The molecular weight excluding hydrogens is 397 g/mol. The smallest absolute Gasteiger partial charge is 0.289 e. The largest absolute Gasteiger partial charge is 0.486 e. The number of H-pyrrole nitrogens is 1. The molecule has 4 aromatic rings. The molecule has 0 saturated carbocycles. The van der Waals surface area contributed by atoms with E-state index in [9.17, 15) is 9.18 Å². The lowest BCUT2D eigenvalue weighted by Gasteiger charge is -2.31. The number of furan rings is 1. The summed E-state index contributed by atoms with van der Waals surface area (Å²) in [5.41, 5.74) is 1.95. The maximum absolute atomic E-state index is 13.0. The molecule has 0 spiro atoms. The molecule has 0 bridgehead atoms. The number of hydrogen-bond acceptors (Lipinski definition) is 4. The van der Waals surface area contributed by atoms with Crippen LogP contribution < -0.4 is 4.74 Å². The van der Waals surface area contributed by atoms with E-state index in [0.29, 0.717) is 30.4 Å². The number of imidazole rings is 1. The Labute approximate surface area is 178 Å². The van der Waals surface area contributed by atoms with Crippen molar-refractivity contribution >= 4 is 16.9 Å². The summed E-state index contributed by atoms with van der Waals surface area (Å²) in [6.45, 7) is 1.46. The first-order chi connectivity index (χ1) is 15.2. The van der Waals surface area contributed by atoms with Gasteiger partial charge in [0.2, 0.25) is 0 Å². The van der Waals surface area contributed by atoms with Crippen LogP contribution in [0.15, 0.2) is 65.1 Å². The first kappa shape index (κ1) is 19.4. The number of likely N-dealkylation sites (tertiary alicyclic amines) is 1. The first-order valence-corrected chi connectivity index (χ1v) is 10.4. The summed E-state index contributed by atoms with van der Waals surface area (Å²) in [5.74, 6) is 2.01. The highest BCUT2D eigenvalue weighted by atomic mass is 19.1. The molecule has 2 aromatic carbocycles. The molecule has 6 nitrogen and oxygen atoms in total. The zero-order valence-electron chi connectivity index (χ0n) is 16.9. The Morgan fingerprint density at radius 3 is 2.84 bits per heavy atom. The van der Waals surface area contributed by atoms with Crippen molar-refractivity contribution in [2.75, 3.05) is 13.1 Å². The molecule has 0 radical (unpaired) electrons. The molecule has 1 atom stereocenters. The monoisotopic (exact) mass is 419 g/mol. The average molecular weight is 419 g/mol. The fourth-order valence-electron chi connectivity index (χ4n) is 3.96. The van der Waals surface area contributed by atoms with Crippen LogP contribution in [0.5, 0.6) is 5.75 Å². The Hall–Kier alpha value is -3.61. The molecular formula is C24H22FN3O3. The van der Waals surface area contributed by atoms with Gasteiger partial charge in [-0.25, -0.2) is 9.37 Å². The van der Waals surface area contributed by atoms with Crippen molar-refractivity contribution in [2.24, 2.45) is 0 Å². The third-order valence-electron chi connectivity index (χ3n) is 5.57. The summed E-state index contributed by atoms with van der Waals surface area (Å²) in [6.07, 6.45) is 1.90. The van der Waals surface area contributed by atoms with Crippen LogP contribution in [0.25, 0.3) is 11.0 Å². The van der Waals surface area contributed by atoms with Crippen molar-refractivity contribution in [2.45, 2.75) is 25.4 Å². The van der Waals surface area contributed by atoms with Crippen LogP contribution in [-0.4, -0.2) is 33.9 Å². The van der Waals surface area contributed by atoms with E-state index < -0.39 is 0 Å². The normalized spacial score (nSPS) is 16.5. The number of aromatic amines is 1. The fraction of sp³-hybridized carbons (Fsp3) is 0.250. The highest BCUT2D eigenvalue weighted by Gasteiger charge is 2.28. The second kappa shape index (κ2) is 8.26. The third-order valence-corrected chi connectivity index (χ3v) is 5.57. The van der Waals surface area contributed by atoms with E-state index >= 15 is 0 Å². The average Bonchev–Trinajstić information content (AvgIpc) is 3.45. The second-order valence-electron chi connectivity index (χ2n) is 7.74. The lowest BCUT2D eigenvalue weighted by molar-refractivity contribution is 0.0668. The number of carbonyl (C=O) groups excluding carboxylic acids is 1. The summed E-state index contributed by atoms with van der Waals surface area (Å²) >= 11 is 0. The molecule has 5 rings (SSSR count). The lowest BCUT2D eigenvalue weighted by atomic mass is 9.97. The Bertz CT molecular complexity index is 1170. The van der Waals surface area contributed by atoms with Gasteiger partial charge in [-0.3, -0.25) is 4.79 Å². The number of carbonyl (C=O) groups is 1. The minimum absolute atomic E-state index is 0.131. The summed E-state index contributed by atoms with van der Waals surface area (Å²) in [4.78, 5) is 22.9. The van der Waals surface area contributed by atoms with Gasteiger partial charge >= 0.3 is 0 Å². The second-order valence-corrected chi connectivity index (χ2v) is 7.74. The number of hydrogen-bond donors (Lipinski definition) is 1. The van der Waals surface area contributed by atoms with Crippen LogP contribution in [-0.2, 0) is 6.61 Å². The molecule has 1 aliphatic rings. The molecule has 7 heteroatoms. The number of benzene rings is 2. The van der Waals surface area contributed by atoms with Gasteiger partial charge < -0.3 is 19.0 Å². The molecule has 1 N–H and O–H groups in total. The van der Waals surface area contributed by atoms with Gasteiger partial charge in [0.05, 0.1) is 11.0 Å². The number of halogens is 1. The van der Waals surface area contributed by atoms with E-state index in [4.69, 9.17) is 14.1 Å². The number of fused-ring (bicyclic) bond motifs is 1. The number of para-hydroxylation sites is 2. The van der Waals surface area contributed by atoms with Gasteiger partial charge in [0, 0.05) is 19.0 Å². The van der Waals surface area contributed by atoms with Crippen LogP contribution in [0.3, 0.4) is 0 Å². The van der Waals surface area contributed by atoms with Crippen molar-refractivity contribution in [3.63, 3.8) is 0 Å². The first-order valence-electron chi connectivity index (χ1n) is 10.4. The van der Waals surface area contributed by atoms with Gasteiger partial charge in [-0.05, 0) is 61.4 Å². The van der Waals surface area contributed by atoms with Crippen LogP contribution in [0, 0.1) is 5.82 Å². The zero-order chi connectivity index (χ0) is 21.2. The Kier molecular flexibility index (Phi) is 5.16. The van der Waals surface area contributed by atoms with Gasteiger partial charge in [0.15, 0.2) is 5.76 Å². The number of nitrogens with zero attached hydrogens (tertiary/aromatic N) is 2. The van der Waals surface area contributed by atoms with Gasteiger partial charge in [0.1, 0.15) is 29.8 Å².